The summed E-state index contributed by atoms with van der Waals surface area (Å²) in [5.41, 5.74) is -0.383. The van der Waals surface area contributed by atoms with E-state index in [1.165, 1.54) is 31.4 Å². The van der Waals surface area contributed by atoms with Gasteiger partial charge in [-0.3, -0.25) is 24.5 Å². The lowest BCUT2D eigenvalue weighted by molar-refractivity contribution is -0.384. The average molecular weight is 450 g/mol. The van der Waals surface area contributed by atoms with Gasteiger partial charge in [0.15, 0.2) is 6.61 Å². The van der Waals surface area contributed by atoms with Gasteiger partial charge in [0.2, 0.25) is 5.91 Å². The van der Waals surface area contributed by atoms with Gasteiger partial charge in [0, 0.05) is 17.5 Å². The van der Waals surface area contributed by atoms with Crippen molar-refractivity contribution < 1.29 is 24.0 Å². The quantitative estimate of drug-likeness (QED) is 0.374. The van der Waals surface area contributed by atoms with Crippen molar-refractivity contribution in [1.29, 1.82) is 0 Å². The topological polar surface area (TPSA) is 128 Å². The van der Waals surface area contributed by atoms with Crippen LogP contribution in [0, 0.1) is 33.3 Å². The molecule has 1 aromatic carbocycles. The first-order valence-electron chi connectivity index (χ1n) is 10.4. The number of ether oxygens (including phenoxy) is 1. The molecule has 0 radical (unpaired) electrons. The number of carbonyl (C=O) groups excluding carboxylic acids is 3. The standard InChI is InChI=1S/C21H24ClN3O6/c22-16-6-15(25(29)30)1-2-17(16)24-18(26)11-31-19(27)10-23-20(28)21-7-12-3-13(8-21)5-14(4-12)9-21/h1-2,6,12-14H,3-5,7-11H2,(H,23,28)(H,24,26). The summed E-state index contributed by atoms with van der Waals surface area (Å²) in [5.74, 6) is 0.446. The number of non-ortho nitro benzene ring substituents is 1. The molecule has 4 aliphatic carbocycles. The summed E-state index contributed by atoms with van der Waals surface area (Å²) in [6.07, 6.45) is 6.38. The van der Waals surface area contributed by atoms with Crippen LogP contribution in [0.1, 0.15) is 38.5 Å². The number of nitro groups is 1. The van der Waals surface area contributed by atoms with Crippen LogP contribution in [0.5, 0.6) is 0 Å². The van der Waals surface area contributed by atoms with Gasteiger partial charge in [-0.1, -0.05) is 11.6 Å². The number of nitrogens with one attached hydrogen (secondary N) is 2. The van der Waals surface area contributed by atoms with Crippen molar-refractivity contribution in [3.05, 3.63) is 33.3 Å². The van der Waals surface area contributed by atoms with E-state index >= 15 is 0 Å². The van der Waals surface area contributed by atoms with Gasteiger partial charge in [0.25, 0.3) is 11.6 Å². The summed E-state index contributed by atoms with van der Waals surface area (Å²) in [6, 6.07) is 3.61. The Morgan fingerprint density at radius 1 is 1.13 bits per heavy atom. The molecule has 0 aliphatic heterocycles. The Balaban J connectivity index is 1.22. The number of rotatable bonds is 7. The Bertz CT molecular complexity index is 898. The molecule has 4 aliphatic rings. The van der Waals surface area contributed by atoms with E-state index in [0.29, 0.717) is 17.8 Å². The highest BCUT2D eigenvalue weighted by Gasteiger charge is 2.54. The maximum atomic E-state index is 12.8. The molecule has 4 bridgehead atoms. The van der Waals surface area contributed by atoms with E-state index in [9.17, 15) is 24.5 Å². The smallest absolute Gasteiger partial charge is 0.325 e. The van der Waals surface area contributed by atoms with Gasteiger partial charge in [0.1, 0.15) is 6.54 Å². The second kappa shape index (κ2) is 8.45. The maximum Gasteiger partial charge on any atom is 0.325 e. The third-order valence-corrected chi connectivity index (χ3v) is 7.03. The van der Waals surface area contributed by atoms with Crippen LogP contribution in [0.25, 0.3) is 0 Å². The molecule has 0 heterocycles. The summed E-state index contributed by atoms with van der Waals surface area (Å²) in [5, 5.41) is 15.9. The van der Waals surface area contributed by atoms with Gasteiger partial charge >= 0.3 is 5.97 Å². The number of amides is 2. The minimum absolute atomic E-state index is 0.00304. The van der Waals surface area contributed by atoms with Crippen molar-refractivity contribution in [1.82, 2.24) is 5.32 Å². The number of nitro benzene ring substituents is 1. The predicted octanol–water partition coefficient (Wildman–Crippen LogP) is 3.06. The molecule has 166 valence electrons. The first-order valence-corrected chi connectivity index (χ1v) is 10.8. The van der Waals surface area contributed by atoms with Crippen LogP contribution in [0.4, 0.5) is 11.4 Å². The molecular weight excluding hydrogens is 426 g/mol. The molecule has 0 aromatic heterocycles. The second-order valence-corrected chi connectivity index (χ2v) is 9.42. The van der Waals surface area contributed by atoms with Crippen LogP contribution in [0.2, 0.25) is 5.02 Å². The van der Waals surface area contributed by atoms with Gasteiger partial charge in [-0.25, -0.2) is 0 Å². The van der Waals surface area contributed by atoms with Crippen LogP contribution >= 0.6 is 11.6 Å². The summed E-state index contributed by atoms with van der Waals surface area (Å²) < 4.78 is 4.93. The number of hydrogen-bond acceptors (Lipinski definition) is 6. The monoisotopic (exact) mass is 449 g/mol. The number of hydrogen-bond donors (Lipinski definition) is 2. The molecule has 1 aromatic rings. The lowest BCUT2D eigenvalue weighted by Crippen LogP contribution is -2.54. The fourth-order valence-corrected chi connectivity index (χ4v) is 6.05. The Hall–Kier alpha value is -2.68. The first kappa shape index (κ1) is 21.5. The van der Waals surface area contributed by atoms with Gasteiger partial charge in [-0.2, -0.15) is 0 Å². The molecule has 10 heteroatoms. The van der Waals surface area contributed by atoms with Gasteiger partial charge in [0.05, 0.1) is 15.6 Å². The Morgan fingerprint density at radius 3 is 2.29 bits per heavy atom. The highest BCUT2D eigenvalue weighted by molar-refractivity contribution is 6.34. The zero-order chi connectivity index (χ0) is 22.2. The Kier molecular flexibility index (Phi) is 5.88. The molecule has 31 heavy (non-hydrogen) atoms. The SMILES string of the molecule is O=C(COC(=O)CNC(=O)C12CC3CC(CC(C3)C1)C2)Nc1ccc([N+](=O)[O-])cc1Cl. The Morgan fingerprint density at radius 2 is 1.74 bits per heavy atom. The number of carbonyl (C=O) groups is 3. The van der Waals surface area contributed by atoms with E-state index in [2.05, 4.69) is 10.6 Å². The minimum atomic E-state index is -0.706. The molecule has 9 nitrogen and oxygen atoms in total. The molecule has 4 fully saturated rings. The molecular formula is C21H24ClN3O6. The van der Waals surface area contributed by atoms with E-state index in [1.54, 1.807) is 0 Å². The number of nitrogens with zero attached hydrogens (tertiary/aromatic N) is 1. The molecule has 0 unspecified atom stereocenters. The van der Waals surface area contributed by atoms with Crippen LogP contribution in [-0.4, -0.2) is 35.9 Å². The molecule has 2 N–H and O–H groups in total. The van der Waals surface area contributed by atoms with E-state index in [1.807, 2.05) is 0 Å². The predicted molar refractivity (Wildman–Crippen MR) is 111 cm³/mol. The van der Waals surface area contributed by atoms with E-state index in [4.69, 9.17) is 16.3 Å². The van der Waals surface area contributed by atoms with Crippen LogP contribution in [-0.2, 0) is 19.1 Å². The molecule has 4 saturated carbocycles. The zero-order valence-corrected chi connectivity index (χ0v) is 17.7. The molecule has 2 amide bonds. The van der Waals surface area contributed by atoms with Crippen molar-refractivity contribution in [2.24, 2.45) is 23.2 Å². The van der Waals surface area contributed by atoms with E-state index in [0.717, 1.165) is 25.3 Å². The summed E-state index contributed by atoms with van der Waals surface area (Å²) in [6.45, 7) is -0.842. The van der Waals surface area contributed by atoms with Crippen LogP contribution < -0.4 is 10.6 Å². The third-order valence-electron chi connectivity index (χ3n) is 6.72. The average Bonchev–Trinajstić information content (AvgIpc) is 2.70. The third kappa shape index (κ3) is 4.66. The van der Waals surface area contributed by atoms with Crippen LogP contribution in [0.3, 0.4) is 0 Å². The van der Waals surface area contributed by atoms with Crippen molar-refractivity contribution in [2.45, 2.75) is 38.5 Å². The van der Waals surface area contributed by atoms with Gasteiger partial charge < -0.3 is 15.4 Å². The summed E-state index contributed by atoms with van der Waals surface area (Å²) in [7, 11) is 0. The highest BCUT2D eigenvalue weighted by atomic mass is 35.5. The first-order chi connectivity index (χ1) is 14.7. The van der Waals surface area contributed by atoms with Crippen molar-refractivity contribution in [3.63, 3.8) is 0 Å². The van der Waals surface area contributed by atoms with Crippen LogP contribution in [0.15, 0.2) is 18.2 Å². The van der Waals surface area contributed by atoms with E-state index in [-0.39, 0.29) is 34.3 Å². The zero-order valence-electron chi connectivity index (χ0n) is 16.9. The molecule has 0 atom stereocenters. The minimum Gasteiger partial charge on any atom is -0.454 e. The van der Waals surface area contributed by atoms with Crippen molar-refractivity contribution >= 4 is 40.8 Å². The van der Waals surface area contributed by atoms with Crippen molar-refractivity contribution in [3.8, 4) is 0 Å². The summed E-state index contributed by atoms with van der Waals surface area (Å²) in [4.78, 5) is 46.9. The molecule has 0 saturated heterocycles. The normalized spacial score (nSPS) is 28.1. The number of halogens is 1. The fourth-order valence-electron chi connectivity index (χ4n) is 5.83. The van der Waals surface area contributed by atoms with E-state index < -0.39 is 23.4 Å². The highest BCUT2D eigenvalue weighted by Crippen LogP contribution is 2.60. The largest absolute Gasteiger partial charge is 0.454 e. The second-order valence-electron chi connectivity index (χ2n) is 9.01. The Labute approximate surface area is 184 Å². The van der Waals surface area contributed by atoms with Gasteiger partial charge in [-0.15, -0.1) is 0 Å². The van der Waals surface area contributed by atoms with Gasteiger partial charge in [-0.05, 0) is 62.3 Å². The molecule has 5 rings (SSSR count). The number of esters is 1. The molecule has 0 spiro atoms. The number of benzene rings is 1. The maximum absolute atomic E-state index is 12.8. The lowest BCUT2D eigenvalue weighted by Gasteiger charge is -2.55. The summed E-state index contributed by atoms with van der Waals surface area (Å²) >= 11 is 5.92. The lowest BCUT2D eigenvalue weighted by atomic mass is 9.49. The fraction of sp³-hybridized carbons (Fsp3) is 0.571. The van der Waals surface area contributed by atoms with Crippen molar-refractivity contribution in [2.75, 3.05) is 18.5 Å². The number of anilines is 1.